The predicted molar refractivity (Wildman–Crippen MR) is 62.5 cm³/mol. The van der Waals surface area contributed by atoms with Gasteiger partial charge >= 0.3 is 0 Å². The van der Waals surface area contributed by atoms with Crippen LogP contribution in [0.5, 0.6) is 5.88 Å². The molecule has 2 heterocycles. The summed E-state index contributed by atoms with van der Waals surface area (Å²) in [5.41, 5.74) is 1.63. The standard InChI is InChI=1S/C11H16N4O/c1-4-7(12-2)10-13-8-5-6-9(16-3)14-11(8)15-10/h5-7,12H,4H2,1-3H3,(H,13,14,15). The smallest absolute Gasteiger partial charge is 0.215 e. The fourth-order valence-corrected chi connectivity index (χ4v) is 1.71. The highest BCUT2D eigenvalue weighted by molar-refractivity contribution is 5.71. The van der Waals surface area contributed by atoms with Crippen LogP contribution in [-0.2, 0) is 0 Å². The van der Waals surface area contributed by atoms with Gasteiger partial charge in [-0.1, -0.05) is 6.92 Å². The Morgan fingerprint density at radius 2 is 2.25 bits per heavy atom. The molecule has 1 atom stereocenters. The topological polar surface area (TPSA) is 62.8 Å². The van der Waals surface area contributed by atoms with Crippen LogP contribution in [-0.4, -0.2) is 29.1 Å². The Morgan fingerprint density at radius 3 is 2.88 bits per heavy atom. The lowest BCUT2D eigenvalue weighted by molar-refractivity contribution is 0.399. The number of ether oxygens (including phenoxy) is 1. The Kier molecular flexibility index (Phi) is 3.05. The summed E-state index contributed by atoms with van der Waals surface area (Å²) < 4.78 is 5.06. The van der Waals surface area contributed by atoms with Gasteiger partial charge in [-0.05, 0) is 19.5 Å². The second kappa shape index (κ2) is 4.49. The molecule has 0 radical (unpaired) electrons. The number of pyridine rings is 1. The zero-order valence-electron chi connectivity index (χ0n) is 9.74. The SMILES string of the molecule is CCC(NC)c1nc2nc(OC)ccc2[nH]1. The van der Waals surface area contributed by atoms with Gasteiger partial charge in [0.15, 0.2) is 5.65 Å². The van der Waals surface area contributed by atoms with E-state index in [0.29, 0.717) is 11.5 Å². The van der Waals surface area contributed by atoms with Gasteiger partial charge in [0.25, 0.3) is 0 Å². The molecule has 2 aromatic heterocycles. The molecule has 0 aliphatic carbocycles. The summed E-state index contributed by atoms with van der Waals surface area (Å²) in [5, 5.41) is 3.20. The highest BCUT2D eigenvalue weighted by atomic mass is 16.5. The van der Waals surface area contributed by atoms with Crippen LogP contribution in [0.15, 0.2) is 12.1 Å². The highest BCUT2D eigenvalue weighted by Crippen LogP contribution is 2.18. The first-order chi connectivity index (χ1) is 7.78. The van der Waals surface area contributed by atoms with Crippen molar-refractivity contribution in [3.05, 3.63) is 18.0 Å². The molecule has 0 fully saturated rings. The highest BCUT2D eigenvalue weighted by Gasteiger charge is 2.12. The minimum absolute atomic E-state index is 0.236. The summed E-state index contributed by atoms with van der Waals surface area (Å²) in [6, 6.07) is 3.99. The lowest BCUT2D eigenvalue weighted by Gasteiger charge is -2.09. The number of fused-ring (bicyclic) bond motifs is 1. The van der Waals surface area contributed by atoms with E-state index in [1.54, 1.807) is 7.11 Å². The second-order valence-corrected chi connectivity index (χ2v) is 3.60. The van der Waals surface area contributed by atoms with Crippen molar-refractivity contribution in [3.63, 3.8) is 0 Å². The number of hydrogen-bond acceptors (Lipinski definition) is 4. The molecule has 0 saturated carbocycles. The van der Waals surface area contributed by atoms with Crippen molar-refractivity contribution in [1.29, 1.82) is 0 Å². The van der Waals surface area contributed by atoms with Crippen molar-refractivity contribution in [3.8, 4) is 5.88 Å². The fourth-order valence-electron chi connectivity index (χ4n) is 1.71. The van der Waals surface area contributed by atoms with E-state index in [-0.39, 0.29) is 6.04 Å². The van der Waals surface area contributed by atoms with Crippen molar-refractivity contribution in [1.82, 2.24) is 20.3 Å². The molecule has 0 saturated heterocycles. The molecule has 5 nitrogen and oxygen atoms in total. The summed E-state index contributed by atoms with van der Waals surface area (Å²) in [5.74, 6) is 1.50. The van der Waals surface area contributed by atoms with Crippen LogP contribution in [0.2, 0.25) is 0 Å². The molecule has 5 heteroatoms. The fraction of sp³-hybridized carbons (Fsp3) is 0.455. The number of nitrogens with one attached hydrogen (secondary N) is 2. The minimum atomic E-state index is 0.236. The zero-order valence-corrected chi connectivity index (χ0v) is 9.74. The normalized spacial score (nSPS) is 12.9. The number of aromatic amines is 1. The van der Waals surface area contributed by atoms with E-state index in [1.807, 2.05) is 19.2 Å². The largest absolute Gasteiger partial charge is 0.481 e. The number of H-pyrrole nitrogens is 1. The van der Waals surface area contributed by atoms with Gasteiger partial charge < -0.3 is 15.0 Å². The van der Waals surface area contributed by atoms with Gasteiger partial charge in [-0.2, -0.15) is 4.98 Å². The minimum Gasteiger partial charge on any atom is -0.481 e. The van der Waals surface area contributed by atoms with E-state index in [0.717, 1.165) is 17.8 Å². The number of aromatic nitrogens is 3. The molecule has 2 rings (SSSR count). The molecule has 0 aliphatic heterocycles. The van der Waals surface area contributed by atoms with Gasteiger partial charge in [-0.15, -0.1) is 0 Å². The summed E-state index contributed by atoms with van der Waals surface area (Å²) in [6.07, 6.45) is 0.980. The van der Waals surface area contributed by atoms with Crippen LogP contribution >= 0.6 is 0 Å². The van der Waals surface area contributed by atoms with Crippen LogP contribution in [0.3, 0.4) is 0 Å². The van der Waals surface area contributed by atoms with E-state index in [4.69, 9.17) is 4.74 Å². The molecule has 16 heavy (non-hydrogen) atoms. The van der Waals surface area contributed by atoms with Gasteiger partial charge in [0.05, 0.1) is 18.7 Å². The summed E-state index contributed by atoms with van der Waals surface area (Å²) >= 11 is 0. The molecule has 0 spiro atoms. The second-order valence-electron chi connectivity index (χ2n) is 3.60. The summed E-state index contributed by atoms with van der Waals surface area (Å²) in [4.78, 5) is 12.0. The Hall–Kier alpha value is -1.62. The Labute approximate surface area is 94.2 Å². The van der Waals surface area contributed by atoms with E-state index in [2.05, 4.69) is 27.2 Å². The predicted octanol–water partition coefficient (Wildman–Crippen LogP) is 1.64. The van der Waals surface area contributed by atoms with E-state index < -0.39 is 0 Å². The van der Waals surface area contributed by atoms with E-state index in [9.17, 15) is 0 Å². The lowest BCUT2D eigenvalue weighted by Crippen LogP contribution is -2.16. The van der Waals surface area contributed by atoms with Crippen LogP contribution in [0.25, 0.3) is 11.2 Å². The monoisotopic (exact) mass is 220 g/mol. The maximum atomic E-state index is 5.06. The lowest BCUT2D eigenvalue weighted by atomic mass is 10.2. The molecule has 0 bridgehead atoms. The number of nitrogens with zero attached hydrogens (tertiary/aromatic N) is 2. The first-order valence-electron chi connectivity index (χ1n) is 5.36. The maximum Gasteiger partial charge on any atom is 0.215 e. The Morgan fingerprint density at radius 1 is 1.44 bits per heavy atom. The number of imidazole rings is 1. The van der Waals surface area contributed by atoms with Crippen LogP contribution in [0, 0.1) is 0 Å². The van der Waals surface area contributed by atoms with Crippen molar-refractivity contribution in [2.75, 3.05) is 14.2 Å². The van der Waals surface area contributed by atoms with E-state index >= 15 is 0 Å². The first kappa shape index (κ1) is 10.9. The number of rotatable bonds is 4. The first-order valence-corrected chi connectivity index (χ1v) is 5.36. The average Bonchev–Trinajstić information content (AvgIpc) is 2.72. The van der Waals surface area contributed by atoms with Gasteiger partial charge in [0.1, 0.15) is 5.82 Å². The van der Waals surface area contributed by atoms with Gasteiger partial charge in [0, 0.05) is 6.07 Å². The third kappa shape index (κ3) is 1.86. The van der Waals surface area contributed by atoms with Crippen molar-refractivity contribution >= 4 is 11.2 Å². The third-order valence-corrected chi connectivity index (χ3v) is 2.63. The summed E-state index contributed by atoms with van der Waals surface area (Å²) in [7, 11) is 3.53. The molecule has 2 N–H and O–H groups in total. The average molecular weight is 220 g/mol. The van der Waals surface area contributed by atoms with Gasteiger partial charge in [0.2, 0.25) is 5.88 Å². The molecular weight excluding hydrogens is 204 g/mol. The van der Waals surface area contributed by atoms with Gasteiger partial charge in [-0.3, -0.25) is 0 Å². The Balaban J connectivity index is 2.43. The van der Waals surface area contributed by atoms with Crippen molar-refractivity contribution in [2.45, 2.75) is 19.4 Å². The molecule has 0 aliphatic rings. The molecular formula is C11H16N4O. The third-order valence-electron chi connectivity index (χ3n) is 2.63. The van der Waals surface area contributed by atoms with Crippen molar-refractivity contribution in [2.24, 2.45) is 0 Å². The Bertz CT molecular complexity index is 476. The number of methoxy groups -OCH3 is 1. The van der Waals surface area contributed by atoms with E-state index in [1.165, 1.54) is 0 Å². The zero-order chi connectivity index (χ0) is 11.5. The van der Waals surface area contributed by atoms with Crippen molar-refractivity contribution < 1.29 is 4.74 Å². The molecule has 0 amide bonds. The van der Waals surface area contributed by atoms with Crippen LogP contribution in [0.4, 0.5) is 0 Å². The summed E-state index contributed by atoms with van der Waals surface area (Å²) in [6.45, 7) is 2.11. The molecule has 2 aromatic rings. The van der Waals surface area contributed by atoms with Crippen LogP contribution in [0.1, 0.15) is 25.2 Å². The molecule has 1 unspecified atom stereocenters. The molecule has 0 aromatic carbocycles. The van der Waals surface area contributed by atoms with Crippen LogP contribution < -0.4 is 10.1 Å². The number of hydrogen-bond donors (Lipinski definition) is 2. The quantitative estimate of drug-likeness (QED) is 0.822. The maximum absolute atomic E-state index is 5.06. The van der Waals surface area contributed by atoms with Gasteiger partial charge in [-0.25, -0.2) is 4.98 Å². The molecule has 86 valence electrons.